The highest BCUT2D eigenvalue weighted by molar-refractivity contribution is 7.18. The number of carbonyl (C=O) groups excluding carboxylic acids is 3. The van der Waals surface area contributed by atoms with Crippen LogP contribution in [0.25, 0.3) is 10.2 Å². The number of ether oxygens (including phenoxy) is 1. The molecule has 1 amide bonds. The Labute approximate surface area is 166 Å². The maximum Gasteiger partial charge on any atom is 0.355 e. The van der Waals surface area contributed by atoms with Gasteiger partial charge in [-0.15, -0.1) is 11.3 Å². The Balaban J connectivity index is 1.63. The quantitative estimate of drug-likeness (QED) is 0.470. The van der Waals surface area contributed by atoms with Crippen LogP contribution in [0.3, 0.4) is 0 Å². The highest BCUT2D eigenvalue weighted by Crippen LogP contribution is 2.28. The van der Waals surface area contributed by atoms with E-state index in [9.17, 15) is 14.4 Å². The number of Topliss-reactive ketones (excluding diaryl/α,β-unsaturated/α-hetero) is 1. The molecule has 0 aliphatic heterocycles. The Morgan fingerprint density at radius 3 is 2.64 bits per heavy atom. The predicted octanol–water partition coefficient (Wildman–Crippen LogP) is 3.21. The number of fused-ring (bicyclic) bond motifs is 1. The average Bonchev–Trinajstić information content (AvgIpc) is 3.28. The minimum absolute atomic E-state index is 0.143. The Kier molecular flexibility index (Phi) is 5.60. The third-order valence-electron chi connectivity index (χ3n) is 4.59. The second kappa shape index (κ2) is 7.93. The summed E-state index contributed by atoms with van der Waals surface area (Å²) >= 11 is 1.53. The van der Waals surface area contributed by atoms with Crippen molar-refractivity contribution in [1.29, 1.82) is 0 Å². The van der Waals surface area contributed by atoms with Gasteiger partial charge in [-0.25, -0.2) is 9.78 Å². The molecule has 0 unspecified atom stereocenters. The number of carbonyl (C=O) groups is 3. The van der Waals surface area contributed by atoms with E-state index in [1.54, 1.807) is 20.3 Å². The number of ketones is 1. The van der Waals surface area contributed by atoms with Crippen LogP contribution in [0.5, 0.6) is 0 Å². The smallest absolute Gasteiger partial charge is 0.355 e. The van der Waals surface area contributed by atoms with E-state index in [1.165, 1.54) is 33.8 Å². The molecule has 0 N–H and O–H groups in total. The van der Waals surface area contributed by atoms with Gasteiger partial charge in [0, 0.05) is 25.9 Å². The molecule has 8 heteroatoms. The van der Waals surface area contributed by atoms with Gasteiger partial charge < -0.3 is 14.2 Å². The minimum atomic E-state index is -0.649. The molecule has 2 heterocycles. The number of likely N-dealkylation sites (N-methyl/N-ethyl adjacent to an activating group) is 1. The van der Waals surface area contributed by atoms with Crippen LogP contribution in [0, 0.1) is 0 Å². The minimum Gasteiger partial charge on any atom is -0.451 e. The molecule has 1 atom stereocenters. The molecular formula is C20H21N3O4S. The third-order valence-corrected chi connectivity index (χ3v) is 5.80. The molecule has 28 heavy (non-hydrogen) atoms. The van der Waals surface area contributed by atoms with Crippen LogP contribution in [-0.2, 0) is 16.6 Å². The average molecular weight is 399 g/mol. The summed E-state index contributed by atoms with van der Waals surface area (Å²) in [5.74, 6) is -1.12. The molecule has 3 rings (SSSR count). The standard InChI is InChI=1S/C20H21N3O4S/c1-12(19-21-15-7-5-6-8-17(15)28-19)23(4)18(25)11-27-20(26)16-9-14(13(2)24)10-22(16)3/h5-10,12H,11H2,1-4H3/t12-/m1/s1. The largest absolute Gasteiger partial charge is 0.451 e. The molecule has 1 aromatic carbocycles. The van der Waals surface area contributed by atoms with E-state index in [0.717, 1.165) is 15.2 Å². The number of aromatic nitrogens is 2. The Hall–Kier alpha value is -3.00. The lowest BCUT2D eigenvalue weighted by atomic mass is 10.2. The Bertz CT molecular complexity index is 1020. The Morgan fingerprint density at radius 2 is 2.00 bits per heavy atom. The summed E-state index contributed by atoms with van der Waals surface area (Å²) < 4.78 is 7.72. The van der Waals surface area contributed by atoms with Crippen LogP contribution >= 0.6 is 11.3 Å². The number of hydrogen-bond donors (Lipinski definition) is 0. The fraction of sp³-hybridized carbons (Fsp3) is 0.300. The van der Waals surface area contributed by atoms with Gasteiger partial charge in [-0.05, 0) is 32.0 Å². The highest BCUT2D eigenvalue weighted by atomic mass is 32.1. The van der Waals surface area contributed by atoms with E-state index < -0.39 is 5.97 Å². The van der Waals surface area contributed by atoms with Gasteiger partial charge in [0.25, 0.3) is 5.91 Å². The van der Waals surface area contributed by atoms with Crippen molar-refractivity contribution in [1.82, 2.24) is 14.5 Å². The van der Waals surface area contributed by atoms with Crippen molar-refractivity contribution in [3.63, 3.8) is 0 Å². The molecule has 0 aliphatic rings. The first-order valence-electron chi connectivity index (χ1n) is 8.73. The van der Waals surface area contributed by atoms with Crippen molar-refractivity contribution in [3.8, 4) is 0 Å². The highest BCUT2D eigenvalue weighted by Gasteiger charge is 2.23. The molecule has 2 aromatic heterocycles. The number of thiazole rings is 1. The molecule has 0 saturated carbocycles. The lowest BCUT2D eigenvalue weighted by Gasteiger charge is -2.23. The lowest BCUT2D eigenvalue weighted by molar-refractivity contribution is -0.135. The number of amides is 1. The second-order valence-electron chi connectivity index (χ2n) is 6.56. The zero-order chi connectivity index (χ0) is 20.4. The van der Waals surface area contributed by atoms with Crippen molar-refractivity contribution < 1.29 is 19.1 Å². The van der Waals surface area contributed by atoms with Gasteiger partial charge in [0.1, 0.15) is 10.7 Å². The van der Waals surface area contributed by atoms with Crippen LogP contribution in [0.15, 0.2) is 36.5 Å². The normalized spacial score (nSPS) is 12.0. The molecule has 0 saturated heterocycles. The number of hydrogen-bond acceptors (Lipinski definition) is 6. The van der Waals surface area contributed by atoms with Gasteiger partial charge in [0.15, 0.2) is 12.4 Å². The maximum absolute atomic E-state index is 12.5. The van der Waals surface area contributed by atoms with Crippen LogP contribution in [0.1, 0.15) is 45.7 Å². The third kappa shape index (κ3) is 3.96. The summed E-state index contributed by atoms with van der Waals surface area (Å²) in [5.41, 5.74) is 1.54. The topological polar surface area (TPSA) is 81.5 Å². The van der Waals surface area contributed by atoms with E-state index in [1.807, 2.05) is 31.2 Å². The predicted molar refractivity (Wildman–Crippen MR) is 107 cm³/mol. The van der Waals surface area contributed by atoms with Crippen molar-refractivity contribution >= 4 is 39.2 Å². The van der Waals surface area contributed by atoms with Gasteiger partial charge >= 0.3 is 5.97 Å². The second-order valence-corrected chi connectivity index (χ2v) is 7.62. The van der Waals surface area contributed by atoms with Crippen LogP contribution < -0.4 is 0 Å². The van der Waals surface area contributed by atoms with E-state index in [2.05, 4.69) is 4.98 Å². The van der Waals surface area contributed by atoms with E-state index in [4.69, 9.17) is 4.74 Å². The van der Waals surface area contributed by atoms with Crippen molar-refractivity contribution in [2.75, 3.05) is 13.7 Å². The number of rotatable bonds is 6. The van der Waals surface area contributed by atoms with Gasteiger partial charge in [0.2, 0.25) is 0 Å². The fourth-order valence-corrected chi connectivity index (χ4v) is 3.78. The summed E-state index contributed by atoms with van der Waals surface area (Å²) in [5, 5.41) is 0.817. The SMILES string of the molecule is CC(=O)c1cc(C(=O)OCC(=O)N(C)[C@H](C)c2nc3ccccc3s2)n(C)c1. The van der Waals surface area contributed by atoms with E-state index in [-0.39, 0.29) is 30.0 Å². The number of aryl methyl sites for hydroxylation is 1. The van der Waals surface area contributed by atoms with Gasteiger partial charge in [-0.3, -0.25) is 9.59 Å². The number of nitrogens with zero attached hydrogens (tertiary/aromatic N) is 3. The number of benzene rings is 1. The molecule has 0 radical (unpaired) electrons. The number of esters is 1. The van der Waals surface area contributed by atoms with Crippen LogP contribution in [0.4, 0.5) is 0 Å². The molecule has 0 aliphatic carbocycles. The first kappa shape index (κ1) is 19.8. The maximum atomic E-state index is 12.5. The summed E-state index contributed by atoms with van der Waals surface area (Å²) in [6, 6.07) is 9.00. The lowest BCUT2D eigenvalue weighted by Crippen LogP contribution is -2.33. The van der Waals surface area contributed by atoms with Crippen LogP contribution in [-0.4, -0.2) is 45.8 Å². The monoisotopic (exact) mass is 399 g/mol. The molecule has 146 valence electrons. The summed E-state index contributed by atoms with van der Waals surface area (Å²) in [7, 11) is 3.30. The zero-order valence-electron chi connectivity index (χ0n) is 16.1. The van der Waals surface area contributed by atoms with Gasteiger partial charge in [0.05, 0.1) is 16.3 Å². The molecule has 0 fully saturated rings. The molecule has 0 spiro atoms. The van der Waals surface area contributed by atoms with E-state index >= 15 is 0 Å². The van der Waals surface area contributed by atoms with Crippen LogP contribution in [0.2, 0.25) is 0 Å². The zero-order valence-corrected chi connectivity index (χ0v) is 16.9. The number of para-hydroxylation sites is 1. The van der Waals surface area contributed by atoms with Crippen molar-refractivity contribution in [2.24, 2.45) is 7.05 Å². The van der Waals surface area contributed by atoms with E-state index in [0.29, 0.717) is 5.56 Å². The van der Waals surface area contributed by atoms with Gasteiger partial charge in [-0.1, -0.05) is 12.1 Å². The summed E-state index contributed by atoms with van der Waals surface area (Å²) in [4.78, 5) is 42.2. The first-order chi connectivity index (χ1) is 13.3. The summed E-state index contributed by atoms with van der Waals surface area (Å²) in [6.45, 7) is 2.92. The van der Waals surface area contributed by atoms with Crippen molar-refractivity contribution in [3.05, 3.63) is 52.8 Å². The molecule has 7 nitrogen and oxygen atoms in total. The molecular weight excluding hydrogens is 378 g/mol. The fourth-order valence-electron chi connectivity index (χ4n) is 2.71. The molecule has 0 bridgehead atoms. The van der Waals surface area contributed by atoms with Crippen molar-refractivity contribution in [2.45, 2.75) is 19.9 Å². The van der Waals surface area contributed by atoms with Gasteiger partial charge in [-0.2, -0.15) is 0 Å². The Morgan fingerprint density at radius 1 is 1.29 bits per heavy atom. The summed E-state index contributed by atoms with van der Waals surface area (Å²) in [6.07, 6.45) is 1.56. The first-order valence-corrected chi connectivity index (χ1v) is 9.55. The molecule has 3 aromatic rings.